The molecule has 158 valence electrons. The minimum Gasteiger partial charge on any atom is -0.310 e. The van der Waals surface area contributed by atoms with Crippen LogP contribution in [0, 0.1) is 0 Å². The van der Waals surface area contributed by atoms with Gasteiger partial charge in [0.15, 0.2) is 11.0 Å². The zero-order valence-corrected chi connectivity index (χ0v) is 18.0. The maximum absolute atomic E-state index is 12.3. The van der Waals surface area contributed by atoms with Gasteiger partial charge in [0.05, 0.1) is 17.4 Å². The molecule has 3 heterocycles. The zero-order valence-electron chi connectivity index (χ0n) is 17.2. The van der Waals surface area contributed by atoms with Gasteiger partial charge in [-0.25, -0.2) is 4.98 Å². The third-order valence-corrected chi connectivity index (χ3v) is 6.44. The van der Waals surface area contributed by atoms with Crippen molar-refractivity contribution in [2.75, 3.05) is 18.8 Å². The summed E-state index contributed by atoms with van der Waals surface area (Å²) in [7, 11) is 0. The van der Waals surface area contributed by atoms with Gasteiger partial charge in [-0.3, -0.25) is 14.3 Å². The number of aromatic nitrogens is 5. The number of benzene rings is 2. The van der Waals surface area contributed by atoms with Gasteiger partial charge in [0.1, 0.15) is 5.82 Å². The van der Waals surface area contributed by atoms with E-state index in [2.05, 4.69) is 41.8 Å². The first kappa shape index (κ1) is 20.0. The number of nitrogens with one attached hydrogen (secondary N) is 1. The van der Waals surface area contributed by atoms with Gasteiger partial charge in [-0.1, -0.05) is 42.1 Å². The number of aryl methyl sites for hydroxylation is 1. The lowest BCUT2D eigenvalue weighted by molar-refractivity contribution is 0.319. The van der Waals surface area contributed by atoms with E-state index in [0.29, 0.717) is 17.6 Å². The maximum atomic E-state index is 12.3. The second kappa shape index (κ2) is 9.03. The molecule has 0 radical (unpaired) electrons. The Morgan fingerprint density at radius 3 is 2.58 bits per heavy atom. The molecular weight excluding hydrogens is 408 g/mol. The first-order valence-electron chi connectivity index (χ1n) is 10.6. The summed E-state index contributed by atoms with van der Waals surface area (Å²) < 4.78 is 2.15. The van der Waals surface area contributed by atoms with Crippen LogP contribution in [0.1, 0.15) is 24.5 Å². The Bertz CT molecular complexity index is 1230. The van der Waals surface area contributed by atoms with E-state index in [1.807, 2.05) is 36.4 Å². The van der Waals surface area contributed by atoms with Gasteiger partial charge < -0.3 is 4.98 Å². The lowest BCUT2D eigenvalue weighted by atomic mass is 10.2. The number of rotatable bonds is 7. The lowest BCUT2D eigenvalue weighted by Crippen LogP contribution is -2.21. The molecule has 8 heteroatoms. The molecule has 1 aliphatic heterocycles. The van der Waals surface area contributed by atoms with Crippen molar-refractivity contribution >= 4 is 22.7 Å². The second-order valence-electron chi connectivity index (χ2n) is 7.68. The standard InChI is InChI=1S/C23H24N6OS/c30-22-18-10-4-5-11-19(18)24-20(25-22)12-15-31-23-27-26-21(16-28-13-6-7-14-28)29(23)17-8-2-1-3-9-17/h1-5,8-11H,6-7,12-16H2,(H,24,25,30). The lowest BCUT2D eigenvalue weighted by Gasteiger charge is -2.16. The normalized spacial score (nSPS) is 14.5. The van der Waals surface area contributed by atoms with E-state index in [-0.39, 0.29) is 5.56 Å². The predicted octanol–water partition coefficient (Wildman–Crippen LogP) is 3.43. The number of aromatic amines is 1. The largest absolute Gasteiger partial charge is 0.310 e. The molecule has 7 nitrogen and oxygen atoms in total. The van der Waals surface area contributed by atoms with Gasteiger partial charge in [0, 0.05) is 17.9 Å². The molecule has 0 saturated carbocycles. The Hall–Kier alpha value is -2.97. The summed E-state index contributed by atoms with van der Waals surface area (Å²) in [4.78, 5) is 22.2. The van der Waals surface area contributed by atoms with Crippen molar-refractivity contribution in [3.05, 3.63) is 76.6 Å². The highest BCUT2D eigenvalue weighted by molar-refractivity contribution is 7.99. The van der Waals surface area contributed by atoms with Crippen LogP contribution in [0.5, 0.6) is 0 Å². The van der Waals surface area contributed by atoms with Crippen molar-refractivity contribution in [1.82, 2.24) is 29.6 Å². The zero-order chi connectivity index (χ0) is 21.0. The fourth-order valence-electron chi connectivity index (χ4n) is 3.97. The average molecular weight is 433 g/mol. The van der Waals surface area contributed by atoms with Crippen LogP contribution in [0.15, 0.2) is 64.5 Å². The highest BCUT2D eigenvalue weighted by Crippen LogP contribution is 2.24. The van der Waals surface area contributed by atoms with E-state index in [0.717, 1.165) is 47.6 Å². The van der Waals surface area contributed by atoms with E-state index in [9.17, 15) is 4.79 Å². The molecule has 0 amide bonds. The summed E-state index contributed by atoms with van der Waals surface area (Å²) >= 11 is 1.64. The molecule has 0 spiro atoms. The quantitative estimate of drug-likeness (QED) is 0.451. The molecule has 2 aromatic carbocycles. The van der Waals surface area contributed by atoms with Crippen molar-refractivity contribution in [2.24, 2.45) is 0 Å². The van der Waals surface area contributed by atoms with Crippen LogP contribution >= 0.6 is 11.8 Å². The smallest absolute Gasteiger partial charge is 0.258 e. The number of hydrogen-bond acceptors (Lipinski definition) is 6. The molecule has 1 saturated heterocycles. The minimum atomic E-state index is -0.0917. The van der Waals surface area contributed by atoms with E-state index >= 15 is 0 Å². The summed E-state index contributed by atoms with van der Waals surface area (Å²) in [6.07, 6.45) is 3.14. The Morgan fingerprint density at radius 1 is 0.968 bits per heavy atom. The molecular formula is C23H24N6OS. The van der Waals surface area contributed by atoms with Crippen molar-refractivity contribution in [3.8, 4) is 5.69 Å². The van der Waals surface area contributed by atoms with E-state index in [1.54, 1.807) is 17.8 Å². The number of H-pyrrole nitrogens is 1. The highest BCUT2D eigenvalue weighted by Gasteiger charge is 2.19. The molecule has 0 bridgehead atoms. The molecule has 0 atom stereocenters. The van der Waals surface area contributed by atoms with Gasteiger partial charge in [-0.15, -0.1) is 10.2 Å². The molecule has 1 aliphatic rings. The Morgan fingerprint density at radius 2 is 1.74 bits per heavy atom. The van der Waals surface area contributed by atoms with Crippen LogP contribution < -0.4 is 5.56 Å². The van der Waals surface area contributed by atoms with Crippen LogP contribution in [-0.4, -0.2) is 48.5 Å². The van der Waals surface area contributed by atoms with Crippen molar-refractivity contribution in [2.45, 2.75) is 31.0 Å². The third-order valence-electron chi connectivity index (χ3n) is 5.51. The number of para-hydroxylation sites is 2. The second-order valence-corrected chi connectivity index (χ2v) is 8.74. The first-order chi connectivity index (χ1) is 15.3. The minimum absolute atomic E-state index is 0.0917. The van der Waals surface area contributed by atoms with Crippen LogP contribution in [-0.2, 0) is 13.0 Å². The van der Waals surface area contributed by atoms with E-state index in [1.165, 1.54) is 12.8 Å². The summed E-state index contributed by atoms with van der Waals surface area (Å²) in [5, 5.41) is 10.5. The number of likely N-dealkylation sites (tertiary alicyclic amines) is 1. The van der Waals surface area contributed by atoms with Gasteiger partial charge in [-0.05, 0) is 50.2 Å². The maximum Gasteiger partial charge on any atom is 0.258 e. The van der Waals surface area contributed by atoms with Crippen molar-refractivity contribution in [3.63, 3.8) is 0 Å². The molecule has 5 rings (SSSR count). The highest BCUT2D eigenvalue weighted by atomic mass is 32.2. The number of fused-ring (bicyclic) bond motifs is 1. The average Bonchev–Trinajstić information content (AvgIpc) is 3.45. The van der Waals surface area contributed by atoms with Crippen LogP contribution in [0.4, 0.5) is 0 Å². The Labute approximate surface area is 184 Å². The molecule has 1 fully saturated rings. The number of hydrogen-bond donors (Lipinski definition) is 1. The molecule has 1 N–H and O–H groups in total. The van der Waals surface area contributed by atoms with Crippen LogP contribution in [0.3, 0.4) is 0 Å². The van der Waals surface area contributed by atoms with Gasteiger partial charge in [0.2, 0.25) is 0 Å². The van der Waals surface area contributed by atoms with E-state index < -0.39 is 0 Å². The fraction of sp³-hybridized carbons (Fsp3) is 0.304. The molecule has 31 heavy (non-hydrogen) atoms. The van der Waals surface area contributed by atoms with E-state index in [4.69, 9.17) is 0 Å². The van der Waals surface area contributed by atoms with Crippen LogP contribution in [0.2, 0.25) is 0 Å². The summed E-state index contributed by atoms with van der Waals surface area (Å²) in [5.74, 6) is 2.41. The van der Waals surface area contributed by atoms with Crippen LogP contribution in [0.25, 0.3) is 16.6 Å². The van der Waals surface area contributed by atoms with Gasteiger partial charge in [-0.2, -0.15) is 0 Å². The Balaban J connectivity index is 1.35. The fourth-order valence-corrected chi connectivity index (χ4v) is 4.88. The first-order valence-corrected chi connectivity index (χ1v) is 11.6. The molecule has 0 unspecified atom stereocenters. The summed E-state index contributed by atoms with van der Waals surface area (Å²) in [6, 6.07) is 17.7. The van der Waals surface area contributed by atoms with Gasteiger partial charge in [0.25, 0.3) is 5.56 Å². The monoisotopic (exact) mass is 432 g/mol. The number of thioether (sulfide) groups is 1. The number of nitrogens with zero attached hydrogens (tertiary/aromatic N) is 5. The third kappa shape index (κ3) is 4.40. The summed E-state index contributed by atoms with van der Waals surface area (Å²) in [6.45, 7) is 3.04. The summed E-state index contributed by atoms with van der Waals surface area (Å²) in [5.41, 5.74) is 1.71. The Kier molecular flexibility index (Phi) is 5.82. The topological polar surface area (TPSA) is 79.7 Å². The van der Waals surface area contributed by atoms with Crippen molar-refractivity contribution in [1.29, 1.82) is 0 Å². The molecule has 4 aromatic rings. The predicted molar refractivity (Wildman–Crippen MR) is 123 cm³/mol. The molecule has 2 aromatic heterocycles. The molecule has 0 aliphatic carbocycles. The van der Waals surface area contributed by atoms with Gasteiger partial charge >= 0.3 is 0 Å². The SMILES string of the molecule is O=c1[nH]c(CCSc2nnc(CN3CCCC3)n2-c2ccccc2)nc2ccccc12. The van der Waals surface area contributed by atoms with Crippen molar-refractivity contribution < 1.29 is 0 Å².